The fraction of sp³-hybridized carbons (Fsp3) is 0.296. The Hall–Kier alpha value is -4.45. The van der Waals surface area contributed by atoms with Crippen molar-refractivity contribution in [2.75, 3.05) is 18.5 Å². The molecule has 4 amide bonds. The molecule has 39 heavy (non-hydrogen) atoms. The number of aromatic nitrogens is 1. The number of imide groups is 1. The second-order valence-corrected chi connectivity index (χ2v) is 10.4. The highest BCUT2D eigenvalue weighted by Gasteiger charge is 2.46. The molecule has 0 bridgehead atoms. The third kappa shape index (κ3) is 4.67. The van der Waals surface area contributed by atoms with Crippen molar-refractivity contribution < 1.29 is 33.8 Å². The van der Waals surface area contributed by atoms with Crippen LogP contribution in [0.15, 0.2) is 47.8 Å². The van der Waals surface area contributed by atoms with Crippen LogP contribution in [-0.2, 0) is 16.0 Å². The van der Waals surface area contributed by atoms with Crippen molar-refractivity contribution in [3.8, 4) is 11.5 Å². The minimum atomic E-state index is -1.22. The lowest BCUT2D eigenvalue weighted by Gasteiger charge is -2.27. The summed E-state index contributed by atoms with van der Waals surface area (Å²) in [6, 6.07) is 10.1. The number of carboxylic acids is 1. The number of fused-ring (bicyclic) bond motifs is 2. The second kappa shape index (κ2) is 10.0. The molecule has 0 radical (unpaired) electrons. The SMILES string of the molecule is O=C(O)c1csc(NC(=O)C(CC2CCc3ccccc32)N2C(=O)NC(c3ccc4c(c3)OCCO4)C2=O)n1. The van der Waals surface area contributed by atoms with Gasteiger partial charge in [-0.1, -0.05) is 30.3 Å². The normalized spacial score (nSPS) is 20.4. The number of carbonyl (C=O) groups excluding carboxylic acids is 3. The zero-order valence-corrected chi connectivity index (χ0v) is 21.4. The van der Waals surface area contributed by atoms with Crippen LogP contribution in [0.2, 0.25) is 0 Å². The predicted octanol–water partition coefficient (Wildman–Crippen LogP) is 3.33. The maximum absolute atomic E-state index is 13.7. The van der Waals surface area contributed by atoms with Crippen molar-refractivity contribution in [1.82, 2.24) is 15.2 Å². The van der Waals surface area contributed by atoms with E-state index in [2.05, 4.69) is 15.6 Å². The molecule has 12 heteroatoms. The standard InChI is InChI=1S/C27H24N4O7S/c32-23(30-26-28-18(13-39-26)25(34)35)19(11-15-6-5-14-3-1-2-4-17(14)15)31-24(33)22(29-27(31)36)16-7-8-20-21(12-16)38-10-9-37-20/h1-4,7-8,12-13,15,19,22H,5-6,9-11H2,(H,29,36)(H,34,35)(H,28,30,32). The van der Waals surface area contributed by atoms with E-state index in [1.165, 1.54) is 10.9 Å². The smallest absolute Gasteiger partial charge is 0.355 e. The van der Waals surface area contributed by atoms with Gasteiger partial charge in [0.25, 0.3) is 5.91 Å². The van der Waals surface area contributed by atoms with Gasteiger partial charge < -0.3 is 25.2 Å². The average molecular weight is 549 g/mol. The van der Waals surface area contributed by atoms with Crippen molar-refractivity contribution in [3.63, 3.8) is 0 Å². The third-order valence-corrected chi connectivity index (χ3v) is 7.96. The highest BCUT2D eigenvalue weighted by Crippen LogP contribution is 2.39. The number of amides is 4. The Balaban J connectivity index is 1.29. The largest absolute Gasteiger partial charge is 0.486 e. The van der Waals surface area contributed by atoms with Gasteiger partial charge in [0.05, 0.1) is 0 Å². The van der Waals surface area contributed by atoms with Gasteiger partial charge >= 0.3 is 12.0 Å². The summed E-state index contributed by atoms with van der Waals surface area (Å²) < 4.78 is 11.2. The Kier molecular flexibility index (Phi) is 6.39. The van der Waals surface area contributed by atoms with Gasteiger partial charge in [-0.15, -0.1) is 11.3 Å². The number of hydrogen-bond donors (Lipinski definition) is 3. The number of carbonyl (C=O) groups is 4. The Morgan fingerprint density at radius 1 is 1.15 bits per heavy atom. The Morgan fingerprint density at radius 3 is 2.74 bits per heavy atom. The van der Waals surface area contributed by atoms with E-state index < -0.39 is 35.9 Å². The van der Waals surface area contributed by atoms with Gasteiger partial charge in [0.15, 0.2) is 22.3 Å². The van der Waals surface area contributed by atoms with Crippen LogP contribution in [0, 0.1) is 0 Å². The van der Waals surface area contributed by atoms with Crippen LogP contribution in [0.1, 0.15) is 52.0 Å². The first-order valence-electron chi connectivity index (χ1n) is 12.5. The number of ether oxygens (including phenoxy) is 2. The summed E-state index contributed by atoms with van der Waals surface area (Å²) in [6.07, 6.45) is 1.83. The molecule has 200 valence electrons. The molecule has 3 unspecified atom stereocenters. The van der Waals surface area contributed by atoms with Crippen LogP contribution >= 0.6 is 11.3 Å². The van der Waals surface area contributed by atoms with Gasteiger partial charge in [0.2, 0.25) is 5.91 Å². The van der Waals surface area contributed by atoms with Gasteiger partial charge in [-0.25, -0.2) is 19.5 Å². The number of nitrogens with one attached hydrogen (secondary N) is 2. The van der Waals surface area contributed by atoms with Crippen molar-refractivity contribution in [1.29, 1.82) is 0 Å². The van der Waals surface area contributed by atoms with Gasteiger partial charge in [-0.3, -0.25) is 9.59 Å². The molecule has 3 heterocycles. The van der Waals surface area contributed by atoms with Crippen LogP contribution in [0.25, 0.3) is 0 Å². The molecule has 0 spiro atoms. The molecule has 2 aliphatic heterocycles. The van der Waals surface area contributed by atoms with Crippen LogP contribution in [-0.4, -0.2) is 58.1 Å². The quantitative estimate of drug-likeness (QED) is 0.381. The first-order valence-corrected chi connectivity index (χ1v) is 13.4. The van der Waals surface area contributed by atoms with Gasteiger partial charge in [-0.05, 0) is 54.0 Å². The van der Waals surface area contributed by atoms with Crippen molar-refractivity contribution in [2.45, 2.75) is 37.3 Å². The molecule has 6 rings (SSSR count). The van der Waals surface area contributed by atoms with E-state index in [1.807, 2.05) is 24.3 Å². The molecule has 2 aromatic carbocycles. The molecule has 3 aliphatic rings. The number of aromatic carboxylic acids is 1. The zero-order valence-electron chi connectivity index (χ0n) is 20.6. The number of thiazole rings is 1. The maximum Gasteiger partial charge on any atom is 0.355 e. The lowest BCUT2D eigenvalue weighted by molar-refractivity contribution is -0.134. The van der Waals surface area contributed by atoms with Crippen LogP contribution in [0.5, 0.6) is 11.5 Å². The van der Waals surface area contributed by atoms with E-state index in [-0.39, 0.29) is 23.2 Å². The molecule has 1 fully saturated rings. The second-order valence-electron chi connectivity index (χ2n) is 9.51. The minimum Gasteiger partial charge on any atom is -0.486 e. The van der Waals surface area contributed by atoms with E-state index in [9.17, 15) is 24.3 Å². The Labute approximate surface area is 226 Å². The topological polar surface area (TPSA) is 147 Å². The summed E-state index contributed by atoms with van der Waals surface area (Å²) in [5.41, 5.74) is 2.58. The van der Waals surface area contributed by atoms with E-state index in [0.717, 1.165) is 34.6 Å². The molecule has 3 N–H and O–H groups in total. The van der Waals surface area contributed by atoms with Gasteiger partial charge in [0.1, 0.15) is 25.3 Å². The summed E-state index contributed by atoms with van der Waals surface area (Å²) in [7, 11) is 0. The average Bonchev–Trinajstić information content (AvgIpc) is 3.65. The van der Waals surface area contributed by atoms with E-state index in [1.54, 1.807) is 18.2 Å². The fourth-order valence-electron chi connectivity index (χ4n) is 5.36. The summed E-state index contributed by atoms with van der Waals surface area (Å²) in [4.78, 5) is 56.7. The lowest BCUT2D eigenvalue weighted by atomic mass is 9.92. The summed E-state index contributed by atoms with van der Waals surface area (Å²) >= 11 is 0.956. The summed E-state index contributed by atoms with van der Waals surface area (Å²) in [5.74, 6) is -1.40. The summed E-state index contributed by atoms with van der Waals surface area (Å²) in [5, 5.41) is 15.9. The monoisotopic (exact) mass is 548 g/mol. The fourth-order valence-corrected chi connectivity index (χ4v) is 6.05. The number of urea groups is 1. The number of benzene rings is 2. The highest BCUT2D eigenvalue weighted by atomic mass is 32.1. The third-order valence-electron chi connectivity index (χ3n) is 7.20. The van der Waals surface area contributed by atoms with Crippen LogP contribution in [0.3, 0.4) is 0 Å². The zero-order chi connectivity index (χ0) is 27.1. The Morgan fingerprint density at radius 2 is 1.95 bits per heavy atom. The molecule has 3 atom stereocenters. The number of aryl methyl sites for hydroxylation is 1. The molecule has 1 aliphatic carbocycles. The summed E-state index contributed by atoms with van der Waals surface area (Å²) in [6.45, 7) is 0.798. The first-order chi connectivity index (χ1) is 18.9. The number of rotatable bonds is 7. The van der Waals surface area contributed by atoms with Crippen molar-refractivity contribution >= 4 is 40.3 Å². The number of nitrogens with zero attached hydrogens (tertiary/aromatic N) is 2. The number of carboxylic acid groups (broad SMARTS) is 1. The molecule has 0 saturated carbocycles. The molecule has 11 nitrogen and oxygen atoms in total. The van der Waals surface area contributed by atoms with E-state index in [0.29, 0.717) is 30.3 Å². The van der Waals surface area contributed by atoms with Gasteiger partial charge in [-0.2, -0.15) is 0 Å². The first kappa shape index (κ1) is 24.9. The van der Waals surface area contributed by atoms with E-state index >= 15 is 0 Å². The highest BCUT2D eigenvalue weighted by molar-refractivity contribution is 7.14. The van der Waals surface area contributed by atoms with Gasteiger partial charge in [0, 0.05) is 5.38 Å². The van der Waals surface area contributed by atoms with E-state index in [4.69, 9.17) is 9.47 Å². The van der Waals surface area contributed by atoms with Crippen LogP contribution in [0.4, 0.5) is 9.93 Å². The predicted molar refractivity (Wildman–Crippen MR) is 139 cm³/mol. The maximum atomic E-state index is 13.7. The number of hydrogen-bond acceptors (Lipinski definition) is 8. The Bertz CT molecular complexity index is 1490. The molecular weight excluding hydrogens is 524 g/mol. The van der Waals surface area contributed by atoms with Crippen molar-refractivity contribution in [2.24, 2.45) is 0 Å². The van der Waals surface area contributed by atoms with Crippen molar-refractivity contribution in [3.05, 3.63) is 70.2 Å². The number of anilines is 1. The minimum absolute atomic E-state index is 0.0447. The lowest BCUT2D eigenvalue weighted by Crippen LogP contribution is -2.48. The van der Waals surface area contributed by atoms with Crippen LogP contribution < -0.4 is 20.1 Å². The molecule has 3 aromatic rings. The molecule has 1 aromatic heterocycles. The molecule has 1 saturated heterocycles. The molecular formula is C27H24N4O7S.